The highest BCUT2D eigenvalue weighted by Crippen LogP contribution is 2.20. The molecule has 0 saturated heterocycles. The molecule has 0 bridgehead atoms. The second-order valence-electron chi connectivity index (χ2n) is 5.45. The van der Waals surface area contributed by atoms with Crippen molar-refractivity contribution < 1.29 is 14.6 Å². The number of ether oxygens (including phenoxy) is 1. The summed E-state index contributed by atoms with van der Waals surface area (Å²) >= 11 is 0. The number of carboxylic acids is 1. The van der Waals surface area contributed by atoms with E-state index in [1.54, 1.807) is 20.1 Å². The lowest BCUT2D eigenvalue weighted by Crippen LogP contribution is -2.20. The Kier molecular flexibility index (Phi) is 4.35. The van der Waals surface area contributed by atoms with Crippen LogP contribution in [0.4, 0.5) is 0 Å². The number of pyridine rings is 1. The van der Waals surface area contributed by atoms with Crippen LogP contribution in [-0.2, 0) is 0 Å². The molecule has 0 fully saturated rings. The molecular weight excluding hydrogens is 320 g/mol. The van der Waals surface area contributed by atoms with Gasteiger partial charge in [0.25, 0.3) is 5.56 Å². The number of methoxy groups -OCH3 is 1. The fourth-order valence-corrected chi connectivity index (χ4v) is 2.51. The molecule has 2 aromatic heterocycles. The molecule has 1 N–H and O–H groups in total. The van der Waals surface area contributed by atoms with Crippen LogP contribution in [0.3, 0.4) is 0 Å². The van der Waals surface area contributed by atoms with Crippen LogP contribution >= 0.6 is 0 Å². The number of fused-ring (bicyclic) bond motifs is 1. The third-order valence-corrected chi connectivity index (χ3v) is 3.89. The van der Waals surface area contributed by atoms with Crippen molar-refractivity contribution >= 4 is 23.8 Å². The van der Waals surface area contributed by atoms with Gasteiger partial charge >= 0.3 is 5.97 Å². The number of nitrogens with zero attached hydrogens (tertiary/aromatic N) is 2. The maximum Gasteiger partial charge on any atom is 0.337 e. The molecule has 6 heteroatoms. The standard InChI is InChI=1S/C19H16N2O4/c1-12-15(9-7-13-5-3-4-6-16(13)25-2)20-17-10-8-14(19(23)24)11-21(17)18(12)22/h3-11H,1-2H3,(H,23,24)/b9-7+. The quantitative estimate of drug-likeness (QED) is 0.792. The van der Waals surface area contributed by atoms with Crippen molar-refractivity contribution in [1.82, 2.24) is 9.38 Å². The number of carboxylic acid groups (broad SMARTS) is 1. The maximum absolute atomic E-state index is 12.5. The van der Waals surface area contributed by atoms with Gasteiger partial charge in [-0.05, 0) is 37.3 Å². The van der Waals surface area contributed by atoms with E-state index in [9.17, 15) is 9.59 Å². The topological polar surface area (TPSA) is 80.9 Å². The van der Waals surface area contributed by atoms with Gasteiger partial charge in [0.15, 0.2) is 0 Å². The highest BCUT2D eigenvalue weighted by atomic mass is 16.5. The van der Waals surface area contributed by atoms with Crippen molar-refractivity contribution in [2.24, 2.45) is 0 Å². The zero-order valence-electron chi connectivity index (χ0n) is 13.8. The van der Waals surface area contributed by atoms with Crippen LogP contribution in [-0.4, -0.2) is 27.6 Å². The fraction of sp³-hybridized carbons (Fsp3) is 0.105. The Morgan fingerprint density at radius 3 is 2.68 bits per heavy atom. The van der Waals surface area contributed by atoms with Crippen molar-refractivity contribution in [1.29, 1.82) is 0 Å². The smallest absolute Gasteiger partial charge is 0.337 e. The minimum absolute atomic E-state index is 0.0353. The number of para-hydroxylation sites is 1. The SMILES string of the molecule is COc1ccccc1/C=C/c1nc2ccc(C(=O)O)cn2c(=O)c1C. The second-order valence-corrected chi connectivity index (χ2v) is 5.45. The van der Waals surface area contributed by atoms with Crippen LogP contribution in [0.2, 0.25) is 0 Å². The van der Waals surface area contributed by atoms with Crippen LogP contribution in [0, 0.1) is 6.92 Å². The van der Waals surface area contributed by atoms with Crippen molar-refractivity contribution in [3.8, 4) is 5.75 Å². The van der Waals surface area contributed by atoms with E-state index in [4.69, 9.17) is 9.84 Å². The van der Waals surface area contributed by atoms with Gasteiger partial charge in [-0.25, -0.2) is 9.78 Å². The summed E-state index contributed by atoms with van der Waals surface area (Å²) in [6, 6.07) is 10.5. The number of benzene rings is 1. The van der Waals surface area contributed by atoms with Crippen molar-refractivity contribution in [2.45, 2.75) is 6.92 Å². The van der Waals surface area contributed by atoms with Crippen LogP contribution in [0.5, 0.6) is 5.75 Å². The van der Waals surface area contributed by atoms with Crippen LogP contribution in [0.15, 0.2) is 47.4 Å². The molecule has 3 rings (SSSR count). The maximum atomic E-state index is 12.5. The van der Waals surface area contributed by atoms with E-state index < -0.39 is 5.97 Å². The zero-order chi connectivity index (χ0) is 18.0. The molecular formula is C19H16N2O4. The molecule has 0 amide bonds. The molecule has 0 atom stereocenters. The van der Waals surface area contributed by atoms with Crippen LogP contribution in [0.25, 0.3) is 17.8 Å². The van der Waals surface area contributed by atoms with Gasteiger partial charge < -0.3 is 9.84 Å². The lowest BCUT2D eigenvalue weighted by Gasteiger charge is -2.07. The van der Waals surface area contributed by atoms with Crippen LogP contribution < -0.4 is 10.3 Å². The van der Waals surface area contributed by atoms with Gasteiger partial charge in [-0.3, -0.25) is 9.20 Å². The van der Waals surface area contributed by atoms with E-state index in [-0.39, 0.29) is 11.1 Å². The van der Waals surface area contributed by atoms with Crippen molar-refractivity contribution in [3.63, 3.8) is 0 Å². The first kappa shape index (κ1) is 16.4. The summed E-state index contributed by atoms with van der Waals surface area (Å²) in [5.74, 6) is -0.369. The third-order valence-electron chi connectivity index (χ3n) is 3.89. The molecule has 0 aliphatic carbocycles. The summed E-state index contributed by atoms with van der Waals surface area (Å²) in [5, 5.41) is 9.06. The molecule has 0 saturated carbocycles. The normalized spacial score (nSPS) is 11.1. The lowest BCUT2D eigenvalue weighted by atomic mass is 10.1. The van der Waals surface area contributed by atoms with Gasteiger partial charge in [-0.15, -0.1) is 0 Å². The number of rotatable bonds is 4. The van der Waals surface area contributed by atoms with Gasteiger partial charge in [-0.1, -0.05) is 18.2 Å². The first-order chi connectivity index (χ1) is 12.0. The van der Waals surface area contributed by atoms with Gasteiger partial charge in [0, 0.05) is 17.3 Å². The van der Waals surface area contributed by atoms with Gasteiger partial charge in [0.05, 0.1) is 18.4 Å². The Morgan fingerprint density at radius 2 is 1.96 bits per heavy atom. The predicted octanol–water partition coefficient (Wildman–Crippen LogP) is 2.88. The number of aromatic carboxylic acids is 1. The van der Waals surface area contributed by atoms with E-state index in [1.165, 1.54) is 22.7 Å². The molecule has 0 unspecified atom stereocenters. The highest BCUT2D eigenvalue weighted by molar-refractivity contribution is 5.87. The molecule has 0 aliphatic rings. The van der Waals surface area contributed by atoms with E-state index in [1.807, 2.05) is 30.3 Å². The summed E-state index contributed by atoms with van der Waals surface area (Å²) in [7, 11) is 1.60. The largest absolute Gasteiger partial charge is 0.496 e. The summed E-state index contributed by atoms with van der Waals surface area (Å²) in [6.07, 6.45) is 4.86. The van der Waals surface area contributed by atoms with Gasteiger partial charge in [-0.2, -0.15) is 0 Å². The summed E-state index contributed by atoms with van der Waals surface area (Å²) in [4.78, 5) is 28.0. The minimum atomic E-state index is -1.09. The molecule has 0 spiro atoms. The Hall–Kier alpha value is -3.41. The van der Waals surface area contributed by atoms with Gasteiger partial charge in [0.2, 0.25) is 0 Å². The van der Waals surface area contributed by atoms with E-state index >= 15 is 0 Å². The molecule has 25 heavy (non-hydrogen) atoms. The first-order valence-corrected chi connectivity index (χ1v) is 7.58. The Bertz CT molecular complexity index is 1050. The molecule has 126 valence electrons. The van der Waals surface area contributed by atoms with E-state index in [0.29, 0.717) is 16.9 Å². The minimum Gasteiger partial charge on any atom is -0.496 e. The summed E-state index contributed by atoms with van der Waals surface area (Å²) in [5.41, 5.74) is 1.96. The molecule has 0 radical (unpaired) electrons. The van der Waals surface area contributed by atoms with Crippen molar-refractivity contribution in [3.05, 3.63) is 75.3 Å². The molecule has 1 aromatic carbocycles. The second kappa shape index (κ2) is 6.60. The number of aromatic nitrogens is 2. The third kappa shape index (κ3) is 3.14. The average Bonchev–Trinajstić information content (AvgIpc) is 2.63. The monoisotopic (exact) mass is 336 g/mol. The fourth-order valence-electron chi connectivity index (χ4n) is 2.51. The Labute approximate surface area is 143 Å². The number of hydrogen-bond donors (Lipinski definition) is 1. The Balaban J connectivity index is 2.10. The first-order valence-electron chi connectivity index (χ1n) is 7.58. The molecule has 3 aromatic rings. The lowest BCUT2D eigenvalue weighted by molar-refractivity contribution is 0.0696. The molecule has 2 heterocycles. The summed E-state index contributed by atoms with van der Waals surface area (Å²) in [6.45, 7) is 1.66. The Morgan fingerprint density at radius 1 is 1.20 bits per heavy atom. The van der Waals surface area contributed by atoms with E-state index in [2.05, 4.69) is 4.98 Å². The predicted molar refractivity (Wildman–Crippen MR) is 95.1 cm³/mol. The van der Waals surface area contributed by atoms with Crippen molar-refractivity contribution in [2.75, 3.05) is 7.11 Å². The van der Waals surface area contributed by atoms with Gasteiger partial charge in [0.1, 0.15) is 11.4 Å². The van der Waals surface area contributed by atoms with Crippen LogP contribution in [0.1, 0.15) is 27.2 Å². The highest BCUT2D eigenvalue weighted by Gasteiger charge is 2.10. The number of hydrogen-bond acceptors (Lipinski definition) is 4. The number of carbonyl (C=O) groups is 1. The van der Waals surface area contributed by atoms with E-state index in [0.717, 1.165) is 11.3 Å². The summed E-state index contributed by atoms with van der Waals surface area (Å²) < 4.78 is 6.55. The molecule has 0 aliphatic heterocycles. The zero-order valence-corrected chi connectivity index (χ0v) is 13.8. The molecule has 6 nitrogen and oxygen atoms in total. The average molecular weight is 336 g/mol.